The molecule has 0 aromatic carbocycles. The van der Waals surface area contributed by atoms with E-state index in [2.05, 4.69) is 10.2 Å². The fraction of sp³-hybridized carbons (Fsp3) is 0.714. The van der Waals surface area contributed by atoms with E-state index in [1.54, 1.807) is 6.92 Å². The second-order valence-corrected chi connectivity index (χ2v) is 8.32. The molecule has 1 aliphatic carbocycles. The number of hydrogen-bond donors (Lipinski definition) is 1. The maximum absolute atomic E-state index is 13.2. The molecule has 1 unspecified atom stereocenters. The van der Waals surface area contributed by atoms with E-state index in [9.17, 15) is 9.59 Å². The van der Waals surface area contributed by atoms with E-state index in [1.165, 1.54) is 12.8 Å². The van der Waals surface area contributed by atoms with Crippen molar-refractivity contribution in [2.24, 2.45) is 5.92 Å². The van der Waals surface area contributed by atoms with Gasteiger partial charge < -0.3 is 15.1 Å². The highest BCUT2D eigenvalue weighted by Crippen LogP contribution is 2.35. The number of nitrogens with zero attached hydrogens (tertiary/aromatic N) is 4. The lowest BCUT2D eigenvalue weighted by Crippen LogP contribution is -2.42. The predicted molar refractivity (Wildman–Crippen MR) is 107 cm³/mol. The molecule has 7 nitrogen and oxygen atoms in total. The van der Waals surface area contributed by atoms with Gasteiger partial charge in [-0.15, -0.1) is 0 Å². The Morgan fingerprint density at radius 1 is 1.04 bits per heavy atom. The molecule has 152 valence electrons. The Morgan fingerprint density at radius 3 is 2.50 bits per heavy atom. The Bertz CT molecular complexity index is 742. The summed E-state index contributed by atoms with van der Waals surface area (Å²) in [6.07, 6.45) is 8.22. The second kappa shape index (κ2) is 8.05. The number of anilines is 1. The molecule has 0 bridgehead atoms. The summed E-state index contributed by atoms with van der Waals surface area (Å²) < 4.78 is 0. The van der Waals surface area contributed by atoms with Crippen LogP contribution in [-0.2, 0) is 22.6 Å². The third-order valence-corrected chi connectivity index (χ3v) is 6.55. The number of rotatable bonds is 3. The van der Waals surface area contributed by atoms with Crippen molar-refractivity contribution in [3.05, 3.63) is 17.1 Å². The number of carbonyl (C=O) groups excluding carboxylic acids is 2. The van der Waals surface area contributed by atoms with Crippen molar-refractivity contribution in [1.29, 1.82) is 0 Å². The third-order valence-electron chi connectivity index (χ3n) is 6.55. The summed E-state index contributed by atoms with van der Waals surface area (Å²) >= 11 is 0. The highest BCUT2D eigenvalue weighted by atomic mass is 16.2. The molecular formula is C21H31N5O2. The first-order chi connectivity index (χ1) is 13.6. The lowest BCUT2D eigenvalue weighted by molar-refractivity contribution is -0.139. The standard InChI is InChI=1S/C21H31N5O2/c1-14(27)25-12-10-17-16(13-25)19(22-2)24-20(23-17)18-9-5-6-11-26(18)21(28)15-7-3-4-8-15/h15,18H,3-13H2,1-2H3,(H,22,23,24). The van der Waals surface area contributed by atoms with Crippen molar-refractivity contribution in [2.45, 2.75) is 70.9 Å². The van der Waals surface area contributed by atoms with E-state index in [4.69, 9.17) is 9.97 Å². The summed E-state index contributed by atoms with van der Waals surface area (Å²) in [5.74, 6) is 2.14. The van der Waals surface area contributed by atoms with E-state index in [0.29, 0.717) is 19.0 Å². The number of piperidine rings is 1. The van der Waals surface area contributed by atoms with E-state index in [-0.39, 0.29) is 17.9 Å². The first-order valence-electron chi connectivity index (χ1n) is 10.7. The Kier molecular flexibility index (Phi) is 5.51. The zero-order chi connectivity index (χ0) is 19.7. The van der Waals surface area contributed by atoms with Crippen LogP contribution >= 0.6 is 0 Å². The van der Waals surface area contributed by atoms with Crippen LogP contribution in [0, 0.1) is 5.92 Å². The van der Waals surface area contributed by atoms with Crippen LogP contribution in [0.1, 0.15) is 75.0 Å². The SMILES string of the molecule is CNc1nc(C2CCCCN2C(=O)C2CCCC2)nc2c1CN(C(C)=O)CC2. The summed E-state index contributed by atoms with van der Waals surface area (Å²) in [5.41, 5.74) is 2.03. The van der Waals surface area contributed by atoms with Gasteiger partial charge >= 0.3 is 0 Å². The first kappa shape index (κ1) is 19.2. The average Bonchev–Trinajstić information content (AvgIpc) is 3.26. The van der Waals surface area contributed by atoms with Crippen molar-refractivity contribution >= 4 is 17.6 Å². The molecule has 2 amide bonds. The van der Waals surface area contributed by atoms with E-state index in [1.807, 2.05) is 11.9 Å². The normalized spacial score (nSPS) is 22.9. The van der Waals surface area contributed by atoms with Crippen molar-refractivity contribution < 1.29 is 9.59 Å². The molecule has 1 saturated heterocycles. The third kappa shape index (κ3) is 3.59. The summed E-state index contributed by atoms with van der Waals surface area (Å²) in [6, 6.07) is -0.0231. The number of amides is 2. The summed E-state index contributed by atoms with van der Waals surface area (Å²) in [6.45, 7) is 3.66. The molecular weight excluding hydrogens is 354 g/mol. The van der Waals surface area contributed by atoms with Gasteiger partial charge in [-0.3, -0.25) is 9.59 Å². The van der Waals surface area contributed by atoms with Crippen LogP contribution in [0.3, 0.4) is 0 Å². The molecule has 1 saturated carbocycles. The Morgan fingerprint density at radius 2 is 1.79 bits per heavy atom. The number of fused-ring (bicyclic) bond motifs is 1. The van der Waals surface area contributed by atoms with Gasteiger partial charge in [0.2, 0.25) is 11.8 Å². The van der Waals surface area contributed by atoms with Gasteiger partial charge in [-0.2, -0.15) is 0 Å². The molecule has 28 heavy (non-hydrogen) atoms. The minimum Gasteiger partial charge on any atom is -0.373 e. The lowest BCUT2D eigenvalue weighted by atomic mass is 9.97. The molecule has 2 aliphatic heterocycles. The molecule has 0 radical (unpaired) electrons. The van der Waals surface area contributed by atoms with Gasteiger partial charge in [-0.1, -0.05) is 12.8 Å². The summed E-state index contributed by atoms with van der Waals surface area (Å²) in [7, 11) is 1.86. The number of nitrogens with one attached hydrogen (secondary N) is 1. The topological polar surface area (TPSA) is 78.4 Å². The van der Waals surface area contributed by atoms with Crippen LogP contribution in [0.4, 0.5) is 5.82 Å². The minimum atomic E-state index is -0.0231. The quantitative estimate of drug-likeness (QED) is 0.865. The van der Waals surface area contributed by atoms with Gasteiger partial charge in [-0.05, 0) is 32.1 Å². The van der Waals surface area contributed by atoms with Crippen molar-refractivity contribution in [1.82, 2.24) is 19.8 Å². The first-order valence-corrected chi connectivity index (χ1v) is 10.7. The van der Waals surface area contributed by atoms with Crippen LogP contribution in [0.2, 0.25) is 0 Å². The van der Waals surface area contributed by atoms with Gasteiger partial charge in [0.05, 0.1) is 18.3 Å². The number of aromatic nitrogens is 2. The predicted octanol–water partition coefficient (Wildman–Crippen LogP) is 2.67. The van der Waals surface area contributed by atoms with Gasteiger partial charge in [-0.25, -0.2) is 9.97 Å². The average molecular weight is 386 g/mol. The molecule has 1 N–H and O–H groups in total. The highest BCUT2D eigenvalue weighted by Gasteiger charge is 2.36. The molecule has 4 rings (SSSR count). The smallest absolute Gasteiger partial charge is 0.226 e. The zero-order valence-electron chi connectivity index (χ0n) is 17.0. The van der Waals surface area contributed by atoms with E-state index < -0.39 is 0 Å². The minimum absolute atomic E-state index is 0.0231. The molecule has 1 aromatic rings. The Labute approximate surface area is 166 Å². The van der Waals surface area contributed by atoms with Crippen molar-refractivity contribution in [3.63, 3.8) is 0 Å². The van der Waals surface area contributed by atoms with Crippen LogP contribution in [0.15, 0.2) is 0 Å². The number of hydrogen-bond acceptors (Lipinski definition) is 5. The zero-order valence-corrected chi connectivity index (χ0v) is 17.0. The van der Waals surface area contributed by atoms with Crippen molar-refractivity contribution in [2.75, 3.05) is 25.5 Å². The fourth-order valence-electron chi connectivity index (χ4n) is 4.93. The second-order valence-electron chi connectivity index (χ2n) is 8.32. The van der Waals surface area contributed by atoms with E-state index in [0.717, 1.165) is 68.0 Å². The van der Waals surface area contributed by atoms with E-state index >= 15 is 0 Å². The lowest BCUT2D eigenvalue weighted by Gasteiger charge is -2.37. The van der Waals surface area contributed by atoms with Crippen LogP contribution in [-0.4, -0.2) is 51.7 Å². The van der Waals surface area contributed by atoms with Gasteiger partial charge in [0.1, 0.15) is 5.82 Å². The molecule has 2 fully saturated rings. The molecule has 7 heteroatoms. The number of likely N-dealkylation sites (tertiary alicyclic amines) is 1. The Balaban J connectivity index is 1.63. The maximum atomic E-state index is 13.2. The van der Waals surface area contributed by atoms with Crippen LogP contribution < -0.4 is 5.32 Å². The molecule has 3 aliphatic rings. The molecule has 1 atom stereocenters. The van der Waals surface area contributed by atoms with Gasteiger partial charge in [0, 0.05) is 45.0 Å². The Hall–Kier alpha value is -2.18. The van der Waals surface area contributed by atoms with Gasteiger partial charge in [0.25, 0.3) is 0 Å². The fourth-order valence-corrected chi connectivity index (χ4v) is 4.93. The molecule has 0 spiro atoms. The molecule has 1 aromatic heterocycles. The number of carbonyl (C=O) groups is 2. The summed E-state index contributed by atoms with van der Waals surface area (Å²) in [4.78, 5) is 38.6. The summed E-state index contributed by atoms with van der Waals surface area (Å²) in [5, 5.41) is 3.20. The van der Waals surface area contributed by atoms with Crippen molar-refractivity contribution in [3.8, 4) is 0 Å². The van der Waals surface area contributed by atoms with Crippen LogP contribution in [0.5, 0.6) is 0 Å². The largest absolute Gasteiger partial charge is 0.373 e. The van der Waals surface area contributed by atoms with Crippen LogP contribution in [0.25, 0.3) is 0 Å². The highest BCUT2D eigenvalue weighted by molar-refractivity contribution is 5.79. The molecule has 3 heterocycles. The van der Waals surface area contributed by atoms with Gasteiger partial charge in [0.15, 0.2) is 5.82 Å². The monoisotopic (exact) mass is 385 g/mol. The maximum Gasteiger partial charge on any atom is 0.226 e.